The molecule has 14 heavy (non-hydrogen) atoms. The first-order valence-electron chi connectivity index (χ1n) is 4.92. The Morgan fingerprint density at radius 3 is 2.50 bits per heavy atom. The van der Waals surface area contributed by atoms with Gasteiger partial charge in [0.1, 0.15) is 0 Å². The van der Waals surface area contributed by atoms with E-state index in [4.69, 9.17) is 0 Å². The Balaban J connectivity index is 4.78. The van der Waals surface area contributed by atoms with Gasteiger partial charge in [-0.2, -0.15) is 0 Å². The molecule has 0 spiro atoms. The van der Waals surface area contributed by atoms with Gasteiger partial charge in [-0.05, 0) is 36.8 Å². The van der Waals surface area contributed by atoms with E-state index in [-0.39, 0.29) is 0 Å². The lowest BCUT2D eigenvalue weighted by Gasteiger charge is -2.02. The normalized spacial score (nSPS) is 14.3. The summed E-state index contributed by atoms with van der Waals surface area (Å²) in [7, 11) is 3.68. The Morgan fingerprint density at radius 2 is 2.07 bits per heavy atom. The Morgan fingerprint density at radius 1 is 1.36 bits per heavy atom. The van der Waals surface area contributed by atoms with Crippen molar-refractivity contribution in [3.8, 4) is 0 Å². The molecule has 0 aromatic heterocycles. The SMILES string of the molecule is C/C=C(\C=C/NC)C(/C=NC)=C/CC. The molecule has 0 aliphatic rings. The highest BCUT2D eigenvalue weighted by Gasteiger charge is 1.96. The van der Waals surface area contributed by atoms with E-state index in [1.54, 1.807) is 7.05 Å². The molecule has 0 aliphatic carbocycles. The Bertz CT molecular complexity index is 257. The van der Waals surface area contributed by atoms with E-state index in [9.17, 15) is 0 Å². The summed E-state index contributed by atoms with van der Waals surface area (Å²) in [6, 6.07) is 0. The fourth-order valence-electron chi connectivity index (χ4n) is 1.14. The zero-order valence-electron chi connectivity index (χ0n) is 9.54. The summed E-state index contributed by atoms with van der Waals surface area (Å²) in [6.07, 6.45) is 11.1. The number of rotatable bonds is 5. The third-order valence-corrected chi connectivity index (χ3v) is 1.77. The molecule has 2 nitrogen and oxygen atoms in total. The second kappa shape index (κ2) is 8.30. The third kappa shape index (κ3) is 4.65. The first-order valence-corrected chi connectivity index (χ1v) is 4.92. The first kappa shape index (κ1) is 12.7. The number of allylic oxidation sites excluding steroid dienone is 5. The predicted molar refractivity (Wildman–Crippen MR) is 64.7 cm³/mol. The van der Waals surface area contributed by atoms with Crippen molar-refractivity contribution in [2.24, 2.45) is 4.99 Å². The van der Waals surface area contributed by atoms with Gasteiger partial charge < -0.3 is 5.32 Å². The maximum absolute atomic E-state index is 4.04. The summed E-state index contributed by atoms with van der Waals surface area (Å²) < 4.78 is 0. The molecule has 0 aromatic rings. The fourth-order valence-corrected chi connectivity index (χ4v) is 1.14. The molecule has 0 saturated carbocycles. The van der Waals surface area contributed by atoms with Gasteiger partial charge in [0, 0.05) is 20.3 Å². The molecule has 0 radical (unpaired) electrons. The van der Waals surface area contributed by atoms with E-state index in [0.29, 0.717) is 0 Å². The van der Waals surface area contributed by atoms with Gasteiger partial charge in [-0.1, -0.05) is 19.1 Å². The molecule has 0 unspecified atom stereocenters. The van der Waals surface area contributed by atoms with Gasteiger partial charge in [0.2, 0.25) is 0 Å². The molecule has 1 N–H and O–H groups in total. The molecule has 0 saturated heterocycles. The fraction of sp³-hybridized carbons (Fsp3) is 0.417. The van der Waals surface area contributed by atoms with Crippen molar-refractivity contribution < 1.29 is 0 Å². The molecule has 0 rings (SSSR count). The molecule has 78 valence electrons. The van der Waals surface area contributed by atoms with Crippen LogP contribution in [0.3, 0.4) is 0 Å². The highest BCUT2D eigenvalue weighted by atomic mass is 14.8. The van der Waals surface area contributed by atoms with Gasteiger partial charge in [-0.25, -0.2) is 0 Å². The zero-order chi connectivity index (χ0) is 10.8. The summed E-state index contributed by atoms with van der Waals surface area (Å²) in [5, 5.41) is 2.98. The molecule has 0 aliphatic heterocycles. The molecular weight excluding hydrogens is 172 g/mol. The van der Waals surface area contributed by atoms with Crippen LogP contribution in [0.1, 0.15) is 20.3 Å². The quantitative estimate of drug-likeness (QED) is 0.525. The largest absolute Gasteiger partial charge is 0.394 e. The average Bonchev–Trinajstić information content (AvgIpc) is 2.19. The maximum atomic E-state index is 4.04. The molecule has 0 bridgehead atoms. The molecule has 0 aromatic carbocycles. The van der Waals surface area contributed by atoms with Gasteiger partial charge in [0.15, 0.2) is 0 Å². The lowest BCUT2D eigenvalue weighted by molar-refractivity contribution is 1.10. The molecule has 2 heteroatoms. The summed E-state index contributed by atoms with van der Waals surface area (Å²) in [5.41, 5.74) is 2.36. The van der Waals surface area contributed by atoms with Gasteiger partial charge in [0.25, 0.3) is 0 Å². The van der Waals surface area contributed by atoms with Gasteiger partial charge in [-0.15, -0.1) is 0 Å². The second-order valence-corrected chi connectivity index (χ2v) is 2.82. The minimum Gasteiger partial charge on any atom is -0.394 e. The third-order valence-electron chi connectivity index (χ3n) is 1.77. The van der Waals surface area contributed by atoms with Crippen molar-refractivity contribution in [3.63, 3.8) is 0 Å². The first-order chi connectivity index (χ1) is 6.79. The zero-order valence-corrected chi connectivity index (χ0v) is 9.54. The van der Waals surface area contributed by atoms with Crippen LogP contribution in [0, 0.1) is 0 Å². The lowest BCUT2D eigenvalue weighted by Crippen LogP contribution is -1.94. The highest BCUT2D eigenvalue weighted by molar-refractivity contribution is 5.85. The van der Waals surface area contributed by atoms with Crippen LogP contribution in [0.2, 0.25) is 0 Å². The Hall–Kier alpha value is -1.31. The maximum Gasteiger partial charge on any atom is 0.0284 e. The Labute approximate surface area is 87.1 Å². The van der Waals surface area contributed by atoms with Crippen LogP contribution in [-0.2, 0) is 0 Å². The number of hydrogen-bond acceptors (Lipinski definition) is 2. The van der Waals surface area contributed by atoms with E-state index in [0.717, 1.165) is 6.42 Å². The van der Waals surface area contributed by atoms with Gasteiger partial charge in [-0.3, -0.25) is 4.99 Å². The standard InChI is InChI=1S/C12H20N2/c1-5-7-12(10-14-4)11(6-2)8-9-13-3/h6-10,13H,5H2,1-4H3/b9-8-,11-6+,12-7+,14-10?. The minimum atomic E-state index is 1.02. The number of aliphatic imine (C=N–C) groups is 1. The summed E-state index contributed by atoms with van der Waals surface area (Å²) in [4.78, 5) is 4.04. The van der Waals surface area contributed by atoms with E-state index >= 15 is 0 Å². The van der Waals surface area contributed by atoms with Crippen LogP contribution >= 0.6 is 0 Å². The monoisotopic (exact) mass is 192 g/mol. The molecule has 0 atom stereocenters. The van der Waals surface area contributed by atoms with Crippen LogP contribution in [0.15, 0.2) is 40.6 Å². The van der Waals surface area contributed by atoms with Gasteiger partial charge in [0.05, 0.1) is 0 Å². The van der Waals surface area contributed by atoms with Crippen LogP contribution in [0.25, 0.3) is 0 Å². The summed E-state index contributed by atoms with van der Waals surface area (Å²) >= 11 is 0. The second-order valence-electron chi connectivity index (χ2n) is 2.82. The Kier molecular flexibility index (Phi) is 7.52. The van der Waals surface area contributed by atoms with Crippen LogP contribution in [0.5, 0.6) is 0 Å². The van der Waals surface area contributed by atoms with E-state index in [1.807, 2.05) is 32.5 Å². The average molecular weight is 192 g/mol. The van der Waals surface area contributed by atoms with Crippen LogP contribution in [0.4, 0.5) is 0 Å². The van der Waals surface area contributed by atoms with Crippen molar-refractivity contribution >= 4 is 6.21 Å². The smallest absolute Gasteiger partial charge is 0.0284 e. The van der Waals surface area contributed by atoms with E-state index < -0.39 is 0 Å². The summed E-state index contributed by atoms with van der Waals surface area (Å²) in [5.74, 6) is 0. The number of hydrogen-bond donors (Lipinski definition) is 1. The van der Waals surface area contributed by atoms with E-state index in [1.165, 1.54) is 11.1 Å². The van der Waals surface area contributed by atoms with Crippen molar-refractivity contribution in [2.75, 3.05) is 14.1 Å². The van der Waals surface area contributed by atoms with Crippen molar-refractivity contribution in [1.82, 2.24) is 5.32 Å². The van der Waals surface area contributed by atoms with Crippen molar-refractivity contribution in [1.29, 1.82) is 0 Å². The van der Waals surface area contributed by atoms with E-state index in [2.05, 4.69) is 29.4 Å². The lowest BCUT2D eigenvalue weighted by atomic mass is 10.1. The summed E-state index contributed by atoms with van der Waals surface area (Å²) in [6.45, 7) is 4.15. The topological polar surface area (TPSA) is 24.4 Å². The molecule has 0 heterocycles. The highest BCUT2D eigenvalue weighted by Crippen LogP contribution is 2.10. The minimum absolute atomic E-state index is 1.02. The van der Waals surface area contributed by atoms with Gasteiger partial charge >= 0.3 is 0 Å². The predicted octanol–water partition coefficient (Wildman–Crippen LogP) is 2.70. The molecule has 0 fully saturated rings. The van der Waals surface area contributed by atoms with Crippen molar-refractivity contribution in [3.05, 3.63) is 35.6 Å². The number of nitrogens with one attached hydrogen (secondary N) is 1. The number of nitrogens with zero attached hydrogens (tertiary/aromatic N) is 1. The van der Waals surface area contributed by atoms with Crippen LogP contribution in [-0.4, -0.2) is 20.3 Å². The molecule has 0 amide bonds. The van der Waals surface area contributed by atoms with Crippen LogP contribution < -0.4 is 5.32 Å². The van der Waals surface area contributed by atoms with Crippen molar-refractivity contribution in [2.45, 2.75) is 20.3 Å². The molecular formula is C12H20N2.